The molecule has 0 aliphatic carbocycles. The standard InChI is InChI=1S/C7H6N2O6S/c1-16(14,15)6-5(9(12)13)3-2-4(8-6)7(10)11/h2-3H,1H3,(H,10,11). The number of carbonyl (C=O) groups is 1. The first kappa shape index (κ1) is 12.0. The second kappa shape index (κ2) is 3.85. The van der Waals surface area contributed by atoms with E-state index >= 15 is 0 Å². The summed E-state index contributed by atoms with van der Waals surface area (Å²) in [6.07, 6.45) is 0.716. The van der Waals surface area contributed by atoms with Gasteiger partial charge in [-0.15, -0.1) is 0 Å². The lowest BCUT2D eigenvalue weighted by Gasteiger charge is -2.00. The zero-order valence-electron chi connectivity index (χ0n) is 7.95. The van der Waals surface area contributed by atoms with Crippen LogP contribution in [0.15, 0.2) is 17.2 Å². The monoisotopic (exact) mass is 246 g/mol. The number of hydrogen-bond acceptors (Lipinski definition) is 6. The molecule has 1 N–H and O–H groups in total. The molecule has 0 aromatic carbocycles. The van der Waals surface area contributed by atoms with Crippen LogP contribution >= 0.6 is 0 Å². The van der Waals surface area contributed by atoms with Crippen molar-refractivity contribution in [2.45, 2.75) is 5.03 Å². The molecule has 0 spiro atoms. The normalized spacial score (nSPS) is 11.1. The van der Waals surface area contributed by atoms with Gasteiger partial charge in [-0.2, -0.15) is 0 Å². The highest BCUT2D eigenvalue weighted by Gasteiger charge is 2.25. The minimum Gasteiger partial charge on any atom is -0.477 e. The molecule has 0 saturated carbocycles. The van der Waals surface area contributed by atoms with Gasteiger partial charge in [0.1, 0.15) is 5.69 Å². The summed E-state index contributed by atoms with van der Waals surface area (Å²) in [5, 5.41) is 18.2. The van der Waals surface area contributed by atoms with Crippen LogP contribution < -0.4 is 0 Å². The van der Waals surface area contributed by atoms with E-state index in [2.05, 4.69) is 4.98 Å². The maximum absolute atomic E-state index is 11.2. The van der Waals surface area contributed by atoms with Gasteiger partial charge in [0.2, 0.25) is 5.03 Å². The molecule has 0 fully saturated rings. The van der Waals surface area contributed by atoms with E-state index in [0.717, 1.165) is 12.1 Å². The summed E-state index contributed by atoms with van der Waals surface area (Å²) in [6.45, 7) is 0. The fourth-order valence-electron chi connectivity index (χ4n) is 0.964. The number of pyridine rings is 1. The Bertz CT molecular complexity index is 564. The second-order valence-corrected chi connectivity index (χ2v) is 4.79. The van der Waals surface area contributed by atoms with Crippen LogP contribution in [-0.4, -0.2) is 35.7 Å². The Labute approximate surface area is 89.6 Å². The van der Waals surface area contributed by atoms with Gasteiger partial charge in [0.15, 0.2) is 9.84 Å². The molecule has 1 heterocycles. The van der Waals surface area contributed by atoms with E-state index < -0.39 is 37.1 Å². The quantitative estimate of drug-likeness (QED) is 0.591. The largest absolute Gasteiger partial charge is 0.477 e. The van der Waals surface area contributed by atoms with Gasteiger partial charge >= 0.3 is 11.7 Å². The predicted molar refractivity (Wildman–Crippen MR) is 51.0 cm³/mol. The molecule has 1 rings (SSSR count). The third kappa shape index (κ3) is 2.31. The van der Waals surface area contributed by atoms with Crippen molar-refractivity contribution in [3.63, 3.8) is 0 Å². The van der Waals surface area contributed by atoms with Crippen molar-refractivity contribution in [2.24, 2.45) is 0 Å². The number of aromatic carboxylic acids is 1. The first-order valence-electron chi connectivity index (χ1n) is 3.82. The van der Waals surface area contributed by atoms with E-state index in [1.54, 1.807) is 0 Å². The second-order valence-electron chi connectivity index (χ2n) is 2.86. The Morgan fingerprint density at radius 2 is 2.06 bits per heavy atom. The summed E-state index contributed by atoms with van der Waals surface area (Å²) >= 11 is 0. The van der Waals surface area contributed by atoms with Crippen LogP contribution in [0.25, 0.3) is 0 Å². The fourth-order valence-corrected chi connectivity index (χ4v) is 1.75. The minimum absolute atomic E-state index is 0.564. The van der Waals surface area contributed by atoms with Crippen LogP contribution in [0.3, 0.4) is 0 Å². The summed E-state index contributed by atoms with van der Waals surface area (Å²) in [4.78, 5) is 23.3. The summed E-state index contributed by atoms with van der Waals surface area (Å²) in [5.41, 5.74) is -1.31. The topological polar surface area (TPSA) is 127 Å². The van der Waals surface area contributed by atoms with Gasteiger partial charge in [0.05, 0.1) is 4.92 Å². The van der Waals surface area contributed by atoms with Gasteiger partial charge in [-0.25, -0.2) is 18.2 Å². The number of sulfone groups is 1. The van der Waals surface area contributed by atoms with E-state index in [9.17, 15) is 23.3 Å². The summed E-state index contributed by atoms with van der Waals surface area (Å²) in [5.74, 6) is -1.46. The lowest BCUT2D eigenvalue weighted by atomic mass is 10.3. The maximum Gasteiger partial charge on any atom is 0.354 e. The SMILES string of the molecule is CS(=O)(=O)c1nc(C(=O)O)ccc1[N+](=O)[O-]. The third-order valence-electron chi connectivity index (χ3n) is 1.61. The Kier molecular flexibility index (Phi) is 2.90. The molecule has 86 valence electrons. The van der Waals surface area contributed by atoms with E-state index in [0.29, 0.717) is 6.26 Å². The minimum atomic E-state index is -3.95. The number of nitrogens with zero attached hydrogens (tertiary/aromatic N) is 2. The van der Waals surface area contributed by atoms with Gasteiger partial charge in [-0.1, -0.05) is 0 Å². The zero-order chi connectivity index (χ0) is 12.5. The molecule has 16 heavy (non-hydrogen) atoms. The van der Waals surface area contributed by atoms with E-state index in [-0.39, 0.29) is 0 Å². The molecule has 9 heteroatoms. The van der Waals surface area contributed by atoms with Crippen molar-refractivity contribution in [2.75, 3.05) is 6.26 Å². The third-order valence-corrected chi connectivity index (χ3v) is 2.61. The molecule has 1 aromatic heterocycles. The summed E-state index contributed by atoms with van der Waals surface area (Å²) < 4.78 is 22.3. The number of nitro groups is 1. The number of carboxylic acids is 1. The Morgan fingerprint density at radius 3 is 2.44 bits per heavy atom. The van der Waals surface area contributed by atoms with Crippen molar-refractivity contribution >= 4 is 21.5 Å². The molecule has 0 radical (unpaired) electrons. The van der Waals surface area contributed by atoms with Crippen LogP contribution in [0, 0.1) is 10.1 Å². The molecular weight excluding hydrogens is 240 g/mol. The molecular formula is C7H6N2O6S. The molecule has 0 atom stereocenters. The first-order valence-corrected chi connectivity index (χ1v) is 5.71. The highest BCUT2D eigenvalue weighted by atomic mass is 32.2. The van der Waals surface area contributed by atoms with E-state index in [1.807, 2.05) is 0 Å². The Hall–Kier alpha value is -2.03. The van der Waals surface area contributed by atoms with E-state index in [4.69, 9.17) is 5.11 Å². The number of carboxylic acid groups (broad SMARTS) is 1. The Morgan fingerprint density at radius 1 is 1.50 bits per heavy atom. The molecule has 1 aromatic rings. The number of aromatic nitrogens is 1. The van der Waals surface area contributed by atoms with Crippen LogP contribution in [-0.2, 0) is 9.84 Å². The fraction of sp³-hybridized carbons (Fsp3) is 0.143. The highest BCUT2D eigenvalue weighted by Crippen LogP contribution is 2.21. The van der Waals surface area contributed by atoms with Gasteiger partial charge in [0.25, 0.3) is 0 Å². The van der Waals surface area contributed by atoms with E-state index in [1.165, 1.54) is 0 Å². The zero-order valence-corrected chi connectivity index (χ0v) is 8.76. The molecule has 0 bridgehead atoms. The number of hydrogen-bond donors (Lipinski definition) is 1. The Balaban J connectivity index is 3.58. The van der Waals surface area contributed by atoms with Crippen molar-refractivity contribution < 1.29 is 23.2 Å². The first-order chi connectivity index (χ1) is 7.23. The summed E-state index contributed by atoms with van der Waals surface area (Å²) in [6, 6.07) is 1.67. The van der Waals surface area contributed by atoms with Crippen molar-refractivity contribution in [1.29, 1.82) is 0 Å². The van der Waals surface area contributed by atoms with Crippen LogP contribution in [0.5, 0.6) is 0 Å². The molecule has 0 unspecified atom stereocenters. The smallest absolute Gasteiger partial charge is 0.354 e. The maximum atomic E-state index is 11.2. The van der Waals surface area contributed by atoms with Gasteiger partial charge in [-0.3, -0.25) is 10.1 Å². The molecule has 8 nitrogen and oxygen atoms in total. The van der Waals surface area contributed by atoms with Crippen molar-refractivity contribution in [1.82, 2.24) is 4.98 Å². The van der Waals surface area contributed by atoms with Crippen molar-refractivity contribution in [3.8, 4) is 0 Å². The molecule has 0 saturated heterocycles. The van der Waals surface area contributed by atoms with Crippen LogP contribution in [0.4, 0.5) is 5.69 Å². The summed E-state index contributed by atoms with van der Waals surface area (Å²) in [7, 11) is -3.95. The van der Waals surface area contributed by atoms with Gasteiger partial charge in [0, 0.05) is 12.3 Å². The lowest BCUT2D eigenvalue weighted by Crippen LogP contribution is -2.10. The van der Waals surface area contributed by atoms with Crippen LogP contribution in [0.1, 0.15) is 10.5 Å². The van der Waals surface area contributed by atoms with Gasteiger partial charge < -0.3 is 5.11 Å². The van der Waals surface area contributed by atoms with Gasteiger partial charge in [-0.05, 0) is 6.07 Å². The number of rotatable bonds is 3. The average molecular weight is 246 g/mol. The predicted octanol–water partition coefficient (Wildman–Crippen LogP) is 0.0915. The lowest BCUT2D eigenvalue weighted by molar-refractivity contribution is -0.388. The highest BCUT2D eigenvalue weighted by molar-refractivity contribution is 7.90. The molecule has 0 amide bonds. The molecule has 0 aliphatic heterocycles. The van der Waals surface area contributed by atoms with Crippen molar-refractivity contribution in [3.05, 3.63) is 27.9 Å². The van der Waals surface area contributed by atoms with Crippen LogP contribution in [0.2, 0.25) is 0 Å². The average Bonchev–Trinajstić information content (AvgIpc) is 2.15. The molecule has 0 aliphatic rings.